The molecule has 0 atom stereocenters. The average molecular weight is 399 g/mol. The van der Waals surface area contributed by atoms with Crippen LogP contribution >= 0.6 is 0 Å². The van der Waals surface area contributed by atoms with Crippen LogP contribution in [0.3, 0.4) is 0 Å². The van der Waals surface area contributed by atoms with Crippen LogP contribution in [0.25, 0.3) is 0 Å². The van der Waals surface area contributed by atoms with Gasteiger partial charge in [-0.05, 0) is 37.1 Å². The minimum Gasteiger partial charge on any atom is -0.367 e. The van der Waals surface area contributed by atoms with Gasteiger partial charge in [-0.2, -0.15) is 0 Å². The molecule has 2 aromatic carbocycles. The zero-order valence-electron chi connectivity index (χ0n) is 15.6. The third-order valence-electron chi connectivity index (χ3n) is 5.16. The number of hydrogen-bond donors (Lipinski definition) is 1. The van der Waals surface area contributed by atoms with Crippen LogP contribution in [0.15, 0.2) is 36.4 Å². The highest BCUT2D eigenvalue weighted by atomic mass is 19.1. The van der Waals surface area contributed by atoms with E-state index >= 15 is 0 Å². The minimum absolute atomic E-state index is 0.00434. The second-order valence-corrected chi connectivity index (χ2v) is 7.09. The molecule has 2 aliphatic heterocycles. The molecule has 29 heavy (non-hydrogen) atoms. The van der Waals surface area contributed by atoms with Gasteiger partial charge < -0.3 is 10.2 Å². The van der Waals surface area contributed by atoms with Crippen molar-refractivity contribution in [3.8, 4) is 0 Å². The van der Waals surface area contributed by atoms with E-state index in [0.717, 1.165) is 29.9 Å². The fourth-order valence-corrected chi connectivity index (χ4v) is 3.76. The standard InChI is InChI=1S/C21H19F2N3O3/c22-16-11-13(12-17(23)19(16)25-8-3-4-9-25)24-18(27)7-10-26-20(28)14-5-1-2-6-15(14)21(26)29/h1-2,5-6,11-12H,3-4,7-10H2,(H,24,27). The van der Waals surface area contributed by atoms with Crippen molar-refractivity contribution in [1.82, 2.24) is 4.90 Å². The molecule has 0 aliphatic carbocycles. The monoisotopic (exact) mass is 399 g/mol. The third kappa shape index (κ3) is 3.57. The van der Waals surface area contributed by atoms with E-state index in [1.807, 2.05) is 0 Å². The number of carbonyl (C=O) groups is 3. The summed E-state index contributed by atoms with van der Waals surface area (Å²) in [6, 6.07) is 8.60. The van der Waals surface area contributed by atoms with Gasteiger partial charge in [0, 0.05) is 31.7 Å². The van der Waals surface area contributed by atoms with Crippen molar-refractivity contribution in [2.45, 2.75) is 19.3 Å². The summed E-state index contributed by atoms with van der Waals surface area (Å²) in [6.45, 7) is 1.08. The fraction of sp³-hybridized carbons (Fsp3) is 0.286. The molecule has 4 rings (SSSR count). The van der Waals surface area contributed by atoms with Crippen LogP contribution < -0.4 is 10.2 Å². The molecule has 8 heteroatoms. The van der Waals surface area contributed by atoms with Crippen molar-refractivity contribution in [3.05, 3.63) is 59.2 Å². The van der Waals surface area contributed by atoms with E-state index in [2.05, 4.69) is 5.32 Å². The Morgan fingerprint density at radius 2 is 1.52 bits per heavy atom. The molecule has 0 spiro atoms. The summed E-state index contributed by atoms with van der Waals surface area (Å²) in [6.07, 6.45) is 1.59. The number of anilines is 2. The normalized spacial score (nSPS) is 15.8. The number of halogens is 2. The van der Waals surface area contributed by atoms with Gasteiger partial charge in [0.2, 0.25) is 5.91 Å². The number of benzene rings is 2. The van der Waals surface area contributed by atoms with Gasteiger partial charge in [-0.15, -0.1) is 0 Å². The molecule has 6 nitrogen and oxygen atoms in total. The Hall–Kier alpha value is -3.29. The van der Waals surface area contributed by atoms with Gasteiger partial charge in [-0.1, -0.05) is 12.1 Å². The summed E-state index contributed by atoms with van der Waals surface area (Å²) in [5, 5.41) is 2.43. The number of nitrogens with one attached hydrogen (secondary N) is 1. The molecule has 150 valence electrons. The molecule has 2 aliphatic rings. The molecule has 1 saturated heterocycles. The van der Waals surface area contributed by atoms with Gasteiger partial charge in [0.25, 0.3) is 11.8 Å². The quantitative estimate of drug-likeness (QED) is 0.784. The summed E-state index contributed by atoms with van der Waals surface area (Å²) in [4.78, 5) is 39.5. The minimum atomic E-state index is -0.734. The maximum absolute atomic E-state index is 14.4. The Labute approximate surface area is 166 Å². The summed E-state index contributed by atoms with van der Waals surface area (Å²) >= 11 is 0. The summed E-state index contributed by atoms with van der Waals surface area (Å²) in [5.74, 6) is -2.92. The summed E-state index contributed by atoms with van der Waals surface area (Å²) < 4.78 is 28.7. The molecular weight excluding hydrogens is 380 g/mol. The Morgan fingerprint density at radius 1 is 0.966 bits per heavy atom. The average Bonchev–Trinajstić information content (AvgIpc) is 3.28. The number of amides is 3. The van der Waals surface area contributed by atoms with Gasteiger partial charge in [-0.25, -0.2) is 8.78 Å². The van der Waals surface area contributed by atoms with E-state index in [4.69, 9.17) is 0 Å². The number of nitrogens with zero attached hydrogens (tertiary/aromatic N) is 2. The number of rotatable bonds is 5. The predicted molar refractivity (Wildman–Crippen MR) is 103 cm³/mol. The highest BCUT2D eigenvalue weighted by molar-refractivity contribution is 6.21. The van der Waals surface area contributed by atoms with Gasteiger partial charge in [0.1, 0.15) is 5.69 Å². The molecule has 2 aromatic rings. The van der Waals surface area contributed by atoms with Crippen molar-refractivity contribution in [2.24, 2.45) is 0 Å². The van der Waals surface area contributed by atoms with Crippen LogP contribution in [0.5, 0.6) is 0 Å². The first kappa shape index (κ1) is 19.0. The van der Waals surface area contributed by atoms with Crippen molar-refractivity contribution in [1.29, 1.82) is 0 Å². The molecule has 0 unspecified atom stereocenters. The number of imide groups is 1. The van der Waals surface area contributed by atoms with Crippen molar-refractivity contribution < 1.29 is 23.2 Å². The first-order chi connectivity index (χ1) is 14.0. The van der Waals surface area contributed by atoms with E-state index < -0.39 is 29.4 Å². The molecule has 3 amide bonds. The maximum Gasteiger partial charge on any atom is 0.261 e. The predicted octanol–water partition coefficient (Wildman–Crippen LogP) is 3.19. The molecule has 0 bridgehead atoms. The lowest BCUT2D eigenvalue weighted by molar-refractivity contribution is -0.116. The Bertz CT molecular complexity index is 944. The summed E-state index contributed by atoms with van der Waals surface area (Å²) in [7, 11) is 0. The number of hydrogen-bond acceptors (Lipinski definition) is 4. The Morgan fingerprint density at radius 3 is 2.07 bits per heavy atom. The molecule has 1 N–H and O–H groups in total. The van der Waals surface area contributed by atoms with Crippen LogP contribution in [0, 0.1) is 11.6 Å². The van der Waals surface area contributed by atoms with E-state index in [-0.39, 0.29) is 24.3 Å². The number of carbonyl (C=O) groups excluding carboxylic acids is 3. The second kappa shape index (κ2) is 7.62. The Kier molecular flexibility index (Phi) is 5.00. The van der Waals surface area contributed by atoms with Gasteiger partial charge >= 0.3 is 0 Å². The smallest absolute Gasteiger partial charge is 0.261 e. The van der Waals surface area contributed by atoms with Crippen LogP contribution in [0.4, 0.5) is 20.2 Å². The van der Waals surface area contributed by atoms with E-state index in [0.29, 0.717) is 24.2 Å². The highest BCUT2D eigenvalue weighted by Crippen LogP contribution is 2.30. The molecule has 0 aromatic heterocycles. The third-order valence-corrected chi connectivity index (χ3v) is 5.16. The largest absolute Gasteiger partial charge is 0.367 e. The lowest BCUT2D eigenvalue weighted by Gasteiger charge is -2.20. The number of fused-ring (bicyclic) bond motifs is 1. The van der Waals surface area contributed by atoms with Gasteiger partial charge in [-0.3, -0.25) is 19.3 Å². The van der Waals surface area contributed by atoms with Crippen LogP contribution in [0.1, 0.15) is 40.0 Å². The van der Waals surface area contributed by atoms with Crippen LogP contribution in [-0.2, 0) is 4.79 Å². The lowest BCUT2D eigenvalue weighted by Crippen LogP contribution is -2.32. The Balaban J connectivity index is 1.39. The zero-order valence-corrected chi connectivity index (χ0v) is 15.6. The molecule has 1 fully saturated rings. The fourth-order valence-electron chi connectivity index (χ4n) is 3.76. The second-order valence-electron chi connectivity index (χ2n) is 7.09. The van der Waals surface area contributed by atoms with Crippen molar-refractivity contribution in [2.75, 3.05) is 29.9 Å². The molecular formula is C21H19F2N3O3. The SMILES string of the molecule is O=C(CCN1C(=O)c2ccccc2C1=O)Nc1cc(F)c(N2CCCC2)c(F)c1. The van der Waals surface area contributed by atoms with Gasteiger partial charge in [0.05, 0.1) is 11.1 Å². The zero-order chi connectivity index (χ0) is 20.5. The van der Waals surface area contributed by atoms with E-state index in [1.54, 1.807) is 29.2 Å². The molecule has 0 radical (unpaired) electrons. The maximum atomic E-state index is 14.4. The molecule has 0 saturated carbocycles. The van der Waals surface area contributed by atoms with E-state index in [9.17, 15) is 23.2 Å². The van der Waals surface area contributed by atoms with Crippen molar-refractivity contribution in [3.63, 3.8) is 0 Å². The lowest BCUT2D eigenvalue weighted by atomic mass is 10.1. The first-order valence-electron chi connectivity index (χ1n) is 9.45. The van der Waals surface area contributed by atoms with Crippen LogP contribution in [-0.4, -0.2) is 42.3 Å². The molecule has 2 heterocycles. The van der Waals surface area contributed by atoms with Crippen molar-refractivity contribution >= 4 is 29.1 Å². The summed E-state index contributed by atoms with van der Waals surface area (Å²) in [5.41, 5.74) is 0.529. The van der Waals surface area contributed by atoms with Crippen LogP contribution in [0.2, 0.25) is 0 Å². The topological polar surface area (TPSA) is 69.7 Å². The first-order valence-corrected chi connectivity index (χ1v) is 9.45. The van der Waals surface area contributed by atoms with Gasteiger partial charge in [0.15, 0.2) is 11.6 Å². The van der Waals surface area contributed by atoms with E-state index in [1.165, 1.54) is 0 Å². The highest BCUT2D eigenvalue weighted by Gasteiger charge is 2.35.